The lowest BCUT2D eigenvalue weighted by atomic mass is 9.96. The van der Waals surface area contributed by atoms with E-state index in [-0.39, 0.29) is 0 Å². The average Bonchev–Trinajstić information content (AvgIpc) is 2.90. The number of aromatic amines is 1. The Morgan fingerprint density at radius 1 is 1.24 bits per heavy atom. The number of hydrogen-bond donors (Lipinski definition) is 2. The lowest BCUT2D eigenvalue weighted by Gasteiger charge is -2.08. The molecule has 0 unspecified atom stereocenters. The molecule has 1 rings (SSSR count). The molecule has 0 amide bonds. The Bertz CT molecular complexity index is 667. The first-order chi connectivity index (χ1) is 9.99. The molecule has 3 heteroatoms. The second-order valence-corrected chi connectivity index (χ2v) is 4.60. The van der Waals surface area contributed by atoms with Crippen LogP contribution in [0.4, 0.5) is 5.82 Å². The maximum Gasteiger partial charge on any atom is 0.137 e. The van der Waals surface area contributed by atoms with Crippen LogP contribution in [0.15, 0.2) is 65.9 Å². The Labute approximate surface area is 126 Å². The summed E-state index contributed by atoms with van der Waals surface area (Å²) < 4.78 is 0. The Kier molecular flexibility index (Phi) is 5.61. The van der Waals surface area contributed by atoms with Gasteiger partial charge in [0, 0.05) is 22.9 Å². The van der Waals surface area contributed by atoms with Crippen molar-refractivity contribution in [2.75, 3.05) is 0 Å². The number of aliphatic imine (C=N–C) groups is 1. The Hall–Kier alpha value is -2.68. The molecule has 0 aliphatic carbocycles. The lowest BCUT2D eigenvalue weighted by molar-refractivity contribution is 1.34. The molecule has 0 saturated carbocycles. The van der Waals surface area contributed by atoms with E-state index >= 15 is 0 Å². The fraction of sp³-hybridized carbons (Fsp3) is 0.111. The van der Waals surface area contributed by atoms with E-state index in [1.165, 1.54) is 0 Å². The van der Waals surface area contributed by atoms with Crippen molar-refractivity contribution in [1.82, 2.24) is 4.98 Å². The molecule has 1 aromatic rings. The molecular formula is C18H21N3. The van der Waals surface area contributed by atoms with Gasteiger partial charge in [0.2, 0.25) is 0 Å². The van der Waals surface area contributed by atoms with E-state index in [0.717, 1.165) is 27.8 Å². The van der Waals surface area contributed by atoms with Crippen LogP contribution in [-0.2, 0) is 0 Å². The molecule has 0 bridgehead atoms. The molecule has 0 spiro atoms. The number of allylic oxidation sites excluding steroid dienone is 6. The fourth-order valence-electron chi connectivity index (χ4n) is 2.05. The highest BCUT2D eigenvalue weighted by molar-refractivity contribution is 6.15. The van der Waals surface area contributed by atoms with Gasteiger partial charge in [-0.3, -0.25) is 5.41 Å². The van der Waals surface area contributed by atoms with Crippen molar-refractivity contribution in [3.8, 4) is 0 Å². The Morgan fingerprint density at radius 3 is 2.38 bits per heavy atom. The van der Waals surface area contributed by atoms with Gasteiger partial charge in [0.05, 0.1) is 5.71 Å². The SMILES string of the molecule is C=C/C(C)=C/C(C)=C(\C=C)C(=N)c1c[nH]c(N=C)c1C=C. The molecule has 21 heavy (non-hydrogen) atoms. The molecule has 0 fully saturated rings. The smallest absolute Gasteiger partial charge is 0.137 e. The standard InChI is InChI=1S/C18H21N3/c1-7-12(4)10-13(5)14(8-2)17(19)16-11-21-18(20-6)15(16)9-3/h7-11,19,21H,1-3,6H2,4-5H3/b12-10+,14-13+,19-17?. The molecule has 0 saturated heterocycles. The largest absolute Gasteiger partial charge is 0.345 e. The summed E-state index contributed by atoms with van der Waals surface area (Å²) in [6.45, 7) is 18.8. The summed E-state index contributed by atoms with van der Waals surface area (Å²) in [4.78, 5) is 6.89. The van der Waals surface area contributed by atoms with E-state index in [1.54, 1.807) is 24.4 Å². The maximum atomic E-state index is 8.44. The van der Waals surface area contributed by atoms with Crippen LogP contribution in [0.2, 0.25) is 0 Å². The zero-order valence-electron chi connectivity index (χ0n) is 12.7. The van der Waals surface area contributed by atoms with E-state index < -0.39 is 0 Å². The molecule has 0 aromatic carbocycles. The Balaban J connectivity index is 3.40. The highest BCUT2D eigenvalue weighted by atomic mass is 14.9. The summed E-state index contributed by atoms with van der Waals surface area (Å²) in [5.74, 6) is 0.614. The minimum Gasteiger partial charge on any atom is -0.345 e. The summed E-state index contributed by atoms with van der Waals surface area (Å²) in [5.41, 5.74) is 4.62. The van der Waals surface area contributed by atoms with Crippen molar-refractivity contribution in [2.45, 2.75) is 13.8 Å². The predicted octanol–water partition coefficient (Wildman–Crippen LogP) is 4.99. The van der Waals surface area contributed by atoms with Gasteiger partial charge in [-0.25, -0.2) is 4.99 Å². The number of aromatic nitrogens is 1. The van der Waals surface area contributed by atoms with Gasteiger partial charge in [0.15, 0.2) is 0 Å². The van der Waals surface area contributed by atoms with Crippen LogP contribution in [0.1, 0.15) is 25.0 Å². The number of nitrogens with zero attached hydrogens (tertiary/aromatic N) is 1. The predicted molar refractivity (Wildman–Crippen MR) is 93.8 cm³/mol. The van der Waals surface area contributed by atoms with Gasteiger partial charge in [0.1, 0.15) is 5.82 Å². The van der Waals surface area contributed by atoms with Gasteiger partial charge in [-0.05, 0) is 26.1 Å². The van der Waals surface area contributed by atoms with Gasteiger partial charge >= 0.3 is 0 Å². The first-order valence-electron chi connectivity index (χ1n) is 6.54. The zero-order valence-corrected chi connectivity index (χ0v) is 12.7. The minimum atomic E-state index is 0.372. The van der Waals surface area contributed by atoms with Crippen molar-refractivity contribution >= 4 is 24.3 Å². The van der Waals surface area contributed by atoms with Crippen molar-refractivity contribution in [2.24, 2.45) is 4.99 Å². The van der Waals surface area contributed by atoms with Crippen molar-refractivity contribution in [3.05, 3.63) is 72.0 Å². The van der Waals surface area contributed by atoms with Crippen LogP contribution in [0.3, 0.4) is 0 Å². The van der Waals surface area contributed by atoms with E-state index in [1.807, 2.05) is 19.9 Å². The quantitative estimate of drug-likeness (QED) is 0.522. The molecule has 1 aromatic heterocycles. The molecule has 108 valence electrons. The van der Waals surface area contributed by atoms with Gasteiger partial charge in [-0.15, -0.1) is 0 Å². The van der Waals surface area contributed by atoms with Gasteiger partial charge in [-0.1, -0.05) is 49.6 Å². The first-order valence-corrected chi connectivity index (χ1v) is 6.54. The summed E-state index contributed by atoms with van der Waals surface area (Å²) in [7, 11) is 0. The van der Waals surface area contributed by atoms with Gasteiger partial charge < -0.3 is 4.98 Å². The summed E-state index contributed by atoms with van der Waals surface area (Å²) in [6, 6.07) is 0. The minimum absolute atomic E-state index is 0.372. The van der Waals surface area contributed by atoms with Gasteiger partial charge in [0.25, 0.3) is 0 Å². The molecule has 1 heterocycles. The van der Waals surface area contributed by atoms with Crippen LogP contribution in [-0.4, -0.2) is 17.4 Å². The second-order valence-electron chi connectivity index (χ2n) is 4.60. The van der Waals surface area contributed by atoms with Crippen molar-refractivity contribution in [1.29, 1.82) is 5.41 Å². The van der Waals surface area contributed by atoms with Crippen LogP contribution in [0.5, 0.6) is 0 Å². The molecule has 3 nitrogen and oxygen atoms in total. The lowest BCUT2D eigenvalue weighted by Crippen LogP contribution is -2.04. The van der Waals surface area contributed by atoms with Crippen LogP contribution in [0.25, 0.3) is 6.08 Å². The molecule has 0 atom stereocenters. The molecule has 0 aliphatic rings. The highest BCUT2D eigenvalue weighted by Gasteiger charge is 2.15. The number of hydrogen-bond acceptors (Lipinski definition) is 2. The first kappa shape index (κ1) is 16.4. The third-order valence-corrected chi connectivity index (χ3v) is 3.19. The van der Waals surface area contributed by atoms with Crippen LogP contribution in [0, 0.1) is 5.41 Å². The summed E-state index contributed by atoms with van der Waals surface area (Å²) in [5, 5.41) is 8.44. The normalized spacial score (nSPS) is 12.4. The van der Waals surface area contributed by atoms with E-state index in [2.05, 4.69) is 36.4 Å². The Morgan fingerprint density at radius 2 is 1.90 bits per heavy atom. The fourth-order valence-corrected chi connectivity index (χ4v) is 2.05. The van der Waals surface area contributed by atoms with E-state index in [4.69, 9.17) is 5.41 Å². The molecule has 0 radical (unpaired) electrons. The van der Waals surface area contributed by atoms with Crippen molar-refractivity contribution < 1.29 is 0 Å². The highest BCUT2D eigenvalue weighted by Crippen LogP contribution is 2.26. The topological polar surface area (TPSA) is 52.0 Å². The monoisotopic (exact) mass is 279 g/mol. The second kappa shape index (κ2) is 7.20. The number of H-pyrrole nitrogens is 1. The third kappa shape index (κ3) is 3.45. The summed E-state index contributed by atoms with van der Waals surface area (Å²) in [6.07, 6.45) is 8.85. The van der Waals surface area contributed by atoms with Gasteiger partial charge in [-0.2, -0.15) is 0 Å². The maximum absolute atomic E-state index is 8.44. The molecule has 2 N–H and O–H groups in total. The zero-order chi connectivity index (χ0) is 16.0. The van der Waals surface area contributed by atoms with E-state index in [0.29, 0.717) is 11.5 Å². The number of nitrogens with one attached hydrogen (secondary N) is 2. The van der Waals surface area contributed by atoms with E-state index in [9.17, 15) is 0 Å². The molecule has 0 aliphatic heterocycles. The van der Waals surface area contributed by atoms with Crippen LogP contribution < -0.4 is 0 Å². The average molecular weight is 279 g/mol. The summed E-state index contributed by atoms with van der Waals surface area (Å²) >= 11 is 0. The third-order valence-electron chi connectivity index (χ3n) is 3.19. The van der Waals surface area contributed by atoms with Crippen molar-refractivity contribution in [3.63, 3.8) is 0 Å². The van der Waals surface area contributed by atoms with Crippen LogP contribution >= 0.6 is 0 Å². The molecular weight excluding hydrogens is 258 g/mol. The number of rotatable bonds is 7.